The molecule has 8 nitrogen and oxygen atoms in total. The molecule has 1 heterocycles. The summed E-state index contributed by atoms with van der Waals surface area (Å²) in [7, 11) is 1.61. The molecule has 0 radical (unpaired) electrons. The minimum Gasteiger partial charge on any atom is -0.497 e. The van der Waals surface area contributed by atoms with Crippen LogP contribution in [0.1, 0.15) is 26.7 Å². The van der Waals surface area contributed by atoms with Crippen LogP contribution in [0.4, 0.5) is 15.2 Å². The number of methoxy groups -OCH3 is 1. The van der Waals surface area contributed by atoms with Crippen molar-refractivity contribution in [1.82, 2.24) is 10.3 Å². The van der Waals surface area contributed by atoms with E-state index in [0.29, 0.717) is 32.6 Å². The summed E-state index contributed by atoms with van der Waals surface area (Å²) in [6.07, 6.45) is 1.47. The van der Waals surface area contributed by atoms with E-state index < -0.39 is 22.9 Å². The molecule has 6 rings (SSSR count). The molecule has 3 amide bonds. The average Bonchev–Trinajstić information content (AvgIpc) is 3.63. The fourth-order valence-electron chi connectivity index (χ4n) is 4.97. The van der Waals surface area contributed by atoms with Crippen LogP contribution in [0.2, 0.25) is 0 Å². The van der Waals surface area contributed by atoms with Gasteiger partial charge in [0.2, 0.25) is 5.91 Å². The topological polar surface area (TPSA) is 109 Å². The number of aromatic nitrogens is 1. The van der Waals surface area contributed by atoms with E-state index in [-0.39, 0.29) is 11.6 Å². The minimum atomic E-state index is -0.652. The molecular formula is C40H31FN4O4S2. The van der Waals surface area contributed by atoms with E-state index in [2.05, 4.69) is 20.9 Å². The van der Waals surface area contributed by atoms with E-state index in [9.17, 15) is 18.8 Å². The van der Waals surface area contributed by atoms with Crippen molar-refractivity contribution in [1.29, 1.82) is 0 Å². The second kappa shape index (κ2) is 16.6. The van der Waals surface area contributed by atoms with E-state index in [1.54, 1.807) is 55.6 Å². The van der Waals surface area contributed by atoms with Crippen molar-refractivity contribution in [2.24, 2.45) is 0 Å². The second-order valence-corrected chi connectivity index (χ2v) is 13.1. The number of benzene rings is 5. The lowest BCUT2D eigenvalue weighted by atomic mass is 10.1. The highest BCUT2D eigenvalue weighted by Crippen LogP contribution is 2.38. The fraction of sp³-hybridized carbons (Fsp3) is 0.0500. The van der Waals surface area contributed by atoms with Crippen molar-refractivity contribution >= 4 is 57.7 Å². The Morgan fingerprint density at radius 3 is 2.29 bits per heavy atom. The number of hydrogen-bond donors (Lipinski definition) is 3. The third-order valence-corrected chi connectivity index (χ3v) is 9.50. The Balaban J connectivity index is 1.20. The molecule has 0 saturated carbocycles. The largest absolute Gasteiger partial charge is 0.497 e. The third-order valence-electron chi connectivity index (χ3n) is 7.50. The molecule has 1 aromatic heterocycles. The Kier molecular flexibility index (Phi) is 11.3. The van der Waals surface area contributed by atoms with Crippen LogP contribution in [-0.2, 0) is 9.59 Å². The molecule has 1 unspecified atom stereocenters. The normalized spacial score (nSPS) is 11.7. The maximum Gasteiger partial charge on any atom is 0.272 e. The highest BCUT2D eigenvalue weighted by atomic mass is 32.2. The van der Waals surface area contributed by atoms with Crippen LogP contribution in [0.25, 0.3) is 17.3 Å². The zero-order valence-corrected chi connectivity index (χ0v) is 28.8. The molecular weight excluding hydrogens is 684 g/mol. The van der Waals surface area contributed by atoms with Crippen molar-refractivity contribution in [3.63, 3.8) is 0 Å². The summed E-state index contributed by atoms with van der Waals surface area (Å²) in [5.41, 5.74) is 3.67. The Morgan fingerprint density at radius 2 is 1.55 bits per heavy atom. The number of carbonyl (C=O) groups is 3. The number of ether oxygens (including phenoxy) is 1. The number of thiazole rings is 1. The zero-order chi connectivity index (χ0) is 35.6. The van der Waals surface area contributed by atoms with Gasteiger partial charge >= 0.3 is 0 Å². The molecule has 51 heavy (non-hydrogen) atoms. The van der Waals surface area contributed by atoms with E-state index >= 15 is 0 Å². The molecule has 5 aromatic carbocycles. The second-order valence-electron chi connectivity index (χ2n) is 11.1. The van der Waals surface area contributed by atoms with Gasteiger partial charge in [-0.25, -0.2) is 9.37 Å². The summed E-state index contributed by atoms with van der Waals surface area (Å²) in [4.78, 5) is 45.8. The van der Waals surface area contributed by atoms with Crippen LogP contribution in [0.3, 0.4) is 0 Å². The first-order valence-corrected chi connectivity index (χ1v) is 17.5. The standard InChI is InChI=1S/C40H31FN4O4S2/c1-49-32-16-8-14-29(23-32)35-25-50-40(44-35)45-39(48)36(27-10-4-2-5-11-27)51-33-17-9-15-31(24-33)42-38(47)34(22-26-18-20-30(41)21-19-26)43-37(46)28-12-6-3-7-13-28/h2-25,36H,1H3,(H,42,47)(H,43,46)(H,44,45,48)/b34-22-. The van der Waals surface area contributed by atoms with Crippen molar-refractivity contribution in [3.05, 3.63) is 167 Å². The summed E-state index contributed by atoms with van der Waals surface area (Å²) < 4.78 is 18.9. The number of carbonyl (C=O) groups excluding carboxylic acids is 3. The summed E-state index contributed by atoms with van der Waals surface area (Å²) in [5.74, 6) is -1.04. The molecule has 0 bridgehead atoms. The lowest BCUT2D eigenvalue weighted by Gasteiger charge is -2.17. The third kappa shape index (κ3) is 9.35. The van der Waals surface area contributed by atoms with E-state index in [1.807, 2.05) is 66.0 Å². The van der Waals surface area contributed by atoms with Gasteiger partial charge in [0.05, 0.1) is 12.8 Å². The van der Waals surface area contributed by atoms with Crippen molar-refractivity contribution < 1.29 is 23.5 Å². The molecule has 0 aliphatic carbocycles. The SMILES string of the molecule is COc1cccc(-c2csc(NC(=O)C(Sc3cccc(NC(=O)/C(=C/c4ccc(F)cc4)NC(=O)c4ccccc4)c3)c3ccccc3)n2)c1. The molecule has 0 fully saturated rings. The van der Waals surface area contributed by atoms with Gasteiger partial charge in [-0.2, -0.15) is 0 Å². The smallest absolute Gasteiger partial charge is 0.272 e. The number of nitrogens with one attached hydrogen (secondary N) is 3. The first-order chi connectivity index (χ1) is 24.8. The summed E-state index contributed by atoms with van der Waals surface area (Å²) in [6, 6.07) is 38.1. The molecule has 0 aliphatic rings. The number of amides is 3. The average molecular weight is 715 g/mol. The summed E-state index contributed by atoms with van der Waals surface area (Å²) >= 11 is 2.64. The number of nitrogens with zero attached hydrogens (tertiary/aromatic N) is 1. The van der Waals surface area contributed by atoms with Gasteiger partial charge in [-0.3, -0.25) is 14.4 Å². The highest BCUT2D eigenvalue weighted by Gasteiger charge is 2.24. The number of halogens is 1. The minimum absolute atomic E-state index is 0.0354. The van der Waals surface area contributed by atoms with Gasteiger partial charge in [0.15, 0.2) is 5.13 Å². The lowest BCUT2D eigenvalue weighted by molar-refractivity contribution is -0.116. The first kappa shape index (κ1) is 34.8. The van der Waals surface area contributed by atoms with Crippen molar-refractivity contribution in [2.45, 2.75) is 10.1 Å². The first-order valence-electron chi connectivity index (χ1n) is 15.7. The Hall–Kier alpha value is -6.04. The van der Waals surface area contributed by atoms with Gasteiger partial charge in [-0.1, -0.05) is 78.9 Å². The predicted molar refractivity (Wildman–Crippen MR) is 201 cm³/mol. The maximum atomic E-state index is 13.8. The highest BCUT2D eigenvalue weighted by molar-refractivity contribution is 8.00. The monoisotopic (exact) mass is 714 g/mol. The zero-order valence-electron chi connectivity index (χ0n) is 27.2. The maximum absolute atomic E-state index is 13.8. The Bertz CT molecular complexity index is 2170. The van der Waals surface area contributed by atoms with Crippen LogP contribution >= 0.6 is 23.1 Å². The Morgan fingerprint density at radius 1 is 0.824 bits per heavy atom. The van der Waals surface area contributed by atoms with E-state index in [1.165, 1.54) is 53.4 Å². The molecule has 11 heteroatoms. The van der Waals surface area contributed by atoms with Crippen LogP contribution in [-0.4, -0.2) is 29.8 Å². The quantitative estimate of drug-likeness (QED) is 0.0864. The van der Waals surface area contributed by atoms with Gasteiger partial charge in [0.1, 0.15) is 22.5 Å². The molecule has 254 valence electrons. The van der Waals surface area contributed by atoms with E-state index in [0.717, 1.165) is 16.8 Å². The van der Waals surface area contributed by atoms with Gasteiger partial charge < -0.3 is 20.7 Å². The molecule has 0 spiro atoms. The number of hydrogen-bond acceptors (Lipinski definition) is 7. The fourth-order valence-corrected chi connectivity index (χ4v) is 6.77. The number of anilines is 2. The molecule has 3 N–H and O–H groups in total. The number of rotatable bonds is 12. The van der Waals surface area contributed by atoms with Crippen LogP contribution < -0.4 is 20.7 Å². The van der Waals surface area contributed by atoms with Crippen molar-refractivity contribution in [2.75, 3.05) is 17.7 Å². The van der Waals surface area contributed by atoms with E-state index in [4.69, 9.17) is 4.74 Å². The Labute approximate surface area is 302 Å². The van der Waals surface area contributed by atoms with Crippen molar-refractivity contribution in [3.8, 4) is 17.0 Å². The summed E-state index contributed by atoms with van der Waals surface area (Å²) in [5, 5.41) is 10.2. The summed E-state index contributed by atoms with van der Waals surface area (Å²) in [6.45, 7) is 0. The lowest BCUT2D eigenvalue weighted by Crippen LogP contribution is -2.30. The van der Waals surface area contributed by atoms with Crippen LogP contribution in [0.5, 0.6) is 5.75 Å². The van der Waals surface area contributed by atoms with Crippen LogP contribution in [0.15, 0.2) is 149 Å². The van der Waals surface area contributed by atoms with Gasteiger partial charge in [-0.15, -0.1) is 23.1 Å². The molecule has 6 aromatic rings. The van der Waals surface area contributed by atoms with Gasteiger partial charge in [-0.05, 0) is 71.8 Å². The molecule has 1 atom stereocenters. The number of thioether (sulfide) groups is 1. The van der Waals surface area contributed by atoms with Crippen LogP contribution in [0, 0.1) is 5.82 Å². The van der Waals surface area contributed by atoms with Gasteiger partial charge in [0, 0.05) is 27.1 Å². The molecule has 0 saturated heterocycles. The van der Waals surface area contributed by atoms with Gasteiger partial charge in [0.25, 0.3) is 11.8 Å². The molecule has 0 aliphatic heterocycles. The predicted octanol–water partition coefficient (Wildman–Crippen LogP) is 8.84.